The molecule has 104 valence electrons. The summed E-state index contributed by atoms with van der Waals surface area (Å²) >= 11 is 3.37. The zero-order valence-corrected chi connectivity index (χ0v) is 12.7. The molecule has 5 heteroatoms. The highest BCUT2D eigenvalue weighted by Crippen LogP contribution is 2.47. The van der Waals surface area contributed by atoms with Gasteiger partial charge in [-0.1, -0.05) is 40.1 Å². The van der Waals surface area contributed by atoms with Crippen molar-refractivity contribution in [3.63, 3.8) is 0 Å². The molecule has 0 atom stereocenters. The zero-order valence-electron chi connectivity index (χ0n) is 11.1. The summed E-state index contributed by atoms with van der Waals surface area (Å²) in [5.41, 5.74) is 2.04. The summed E-state index contributed by atoms with van der Waals surface area (Å²) in [5.74, 6) is 0.325. The molecule has 0 aliphatic heterocycles. The van der Waals surface area contributed by atoms with Gasteiger partial charge >= 0.3 is 0 Å². The van der Waals surface area contributed by atoms with E-state index in [-0.39, 0.29) is 11.3 Å². The fourth-order valence-corrected chi connectivity index (χ4v) is 2.30. The predicted molar refractivity (Wildman–Crippen MR) is 79.6 cm³/mol. The average Bonchev–Trinajstić information content (AvgIpc) is 2.98. The SMILES string of the molecule is CC1(c2cc(NC(=O)Cc3ccc(Br)cc3)on2)CC1. The Labute approximate surface area is 125 Å². The Morgan fingerprint density at radius 1 is 1.40 bits per heavy atom. The van der Waals surface area contributed by atoms with Gasteiger partial charge in [0, 0.05) is 16.0 Å². The van der Waals surface area contributed by atoms with Crippen LogP contribution in [0.2, 0.25) is 0 Å². The van der Waals surface area contributed by atoms with Crippen molar-refractivity contribution in [3.8, 4) is 0 Å². The summed E-state index contributed by atoms with van der Waals surface area (Å²) in [4.78, 5) is 11.9. The molecule has 1 heterocycles. The van der Waals surface area contributed by atoms with Crippen LogP contribution in [-0.4, -0.2) is 11.1 Å². The molecule has 0 saturated heterocycles. The van der Waals surface area contributed by atoms with Crippen LogP contribution in [0.4, 0.5) is 5.88 Å². The molecule has 0 bridgehead atoms. The van der Waals surface area contributed by atoms with Crippen LogP contribution in [0.1, 0.15) is 31.0 Å². The molecule has 1 N–H and O–H groups in total. The first kappa shape index (κ1) is 13.4. The van der Waals surface area contributed by atoms with Crippen molar-refractivity contribution in [2.24, 2.45) is 0 Å². The smallest absolute Gasteiger partial charge is 0.231 e. The van der Waals surface area contributed by atoms with E-state index in [0.29, 0.717) is 12.3 Å². The molecular formula is C15H15BrN2O2. The van der Waals surface area contributed by atoms with Gasteiger partial charge in [-0.15, -0.1) is 0 Å². The number of nitrogens with zero attached hydrogens (tertiary/aromatic N) is 1. The molecule has 1 fully saturated rings. The summed E-state index contributed by atoms with van der Waals surface area (Å²) in [6.07, 6.45) is 2.58. The van der Waals surface area contributed by atoms with Gasteiger partial charge in [0.2, 0.25) is 11.8 Å². The number of amides is 1. The first-order chi connectivity index (χ1) is 9.55. The summed E-state index contributed by atoms with van der Waals surface area (Å²) in [6, 6.07) is 9.50. The van der Waals surface area contributed by atoms with Crippen molar-refractivity contribution in [2.45, 2.75) is 31.6 Å². The van der Waals surface area contributed by atoms with Gasteiger partial charge in [-0.3, -0.25) is 10.1 Å². The van der Waals surface area contributed by atoms with Crippen molar-refractivity contribution in [1.29, 1.82) is 0 Å². The van der Waals surface area contributed by atoms with E-state index in [1.807, 2.05) is 30.3 Å². The maximum absolute atomic E-state index is 11.9. The first-order valence-electron chi connectivity index (χ1n) is 6.57. The van der Waals surface area contributed by atoms with Gasteiger partial charge in [0.25, 0.3) is 0 Å². The second-order valence-corrected chi connectivity index (χ2v) is 6.40. The van der Waals surface area contributed by atoms with Crippen molar-refractivity contribution in [1.82, 2.24) is 5.16 Å². The quantitative estimate of drug-likeness (QED) is 0.927. The molecule has 1 aliphatic rings. The second-order valence-electron chi connectivity index (χ2n) is 5.49. The molecule has 3 rings (SSSR count). The third-order valence-corrected chi connectivity index (χ3v) is 4.20. The summed E-state index contributed by atoms with van der Waals surface area (Å²) in [5, 5.41) is 6.77. The normalized spacial score (nSPS) is 15.9. The molecule has 20 heavy (non-hydrogen) atoms. The molecule has 1 saturated carbocycles. The number of anilines is 1. The lowest BCUT2D eigenvalue weighted by atomic mass is 10.1. The fourth-order valence-electron chi connectivity index (χ4n) is 2.03. The standard InChI is InChI=1S/C15H15BrN2O2/c1-15(6-7-15)12-9-14(20-18-12)17-13(19)8-10-2-4-11(16)5-3-10/h2-5,9H,6-8H2,1H3,(H,17,19). The summed E-state index contributed by atoms with van der Waals surface area (Å²) in [7, 11) is 0. The Hall–Kier alpha value is -1.62. The highest BCUT2D eigenvalue weighted by atomic mass is 79.9. The summed E-state index contributed by atoms with van der Waals surface area (Å²) in [6.45, 7) is 2.15. The third kappa shape index (κ3) is 2.93. The number of nitrogens with one attached hydrogen (secondary N) is 1. The highest BCUT2D eigenvalue weighted by Gasteiger charge is 2.42. The number of halogens is 1. The van der Waals surface area contributed by atoms with Crippen LogP contribution in [0.3, 0.4) is 0 Å². The maximum Gasteiger partial charge on any atom is 0.231 e. The van der Waals surface area contributed by atoms with E-state index >= 15 is 0 Å². The zero-order chi connectivity index (χ0) is 14.2. The number of carbonyl (C=O) groups excluding carboxylic acids is 1. The van der Waals surface area contributed by atoms with Crippen molar-refractivity contribution < 1.29 is 9.32 Å². The van der Waals surface area contributed by atoms with E-state index in [1.165, 1.54) is 0 Å². The molecule has 2 aromatic rings. The van der Waals surface area contributed by atoms with Gasteiger partial charge in [-0.2, -0.15) is 0 Å². The molecule has 1 aromatic heterocycles. The molecule has 0 radical (unpaired) electrons. The van der Waals surface area contributed by atoms with Crippen LogP contribution in [0.25, 0.3) is 0 Å². The minimum atomic E-state index is -0.101. The first-order valence-corrected chi connectivity index (χ1v) is 7.36. The van der Waals surface area contributed by atoms with Crippen LogP contribution in [0.15, 0.2) is 39.3 Å². The van der Waals surface area contributed by atoms with E-state index in [2.05, 4.69) is 33.3 Å². The van der Waals surface area contributed by atoms with Gasteiger partial charge in [0.1, 0.15) is 0 Å². The Bertz CT molecular complexity index is 630. The second kappa shape index (κ2) is 5.05. The maximum atomic E-state index is 11.9. The topological polar surface area (TPSA) is 55.1 Å². The summed E-state index contributed by atoms with van der Waals surface area (Å²) < 4.78 is 6.17. The van der Waals surface area contributed by atoms with Gasteiger partial charge < -0.3 is 4.52 Å². The number of rotatable bonds is 4. The Morgan fingerprint density at radius 2 is 2.10 bits per heavy atom. The van der Waals surface area contributed by atoms with E-state index in [4.69, 9.17) is 4.52 Å². The number of benzene rings is 1. The molecule has 0 unspecified atom stereocenters. The monoisotopic (exact) mass is 334 g/mol. The highest BCUT2D eigenvalue weighted by molar-refractivity contribution is 9.10. The van der Waals surface area contributed by atoms with E-state index in [1.54, 1.807) is 0 Å². The van der Waals surface area contributed by atoms with Crippen LogP contribution in [0, 0.1) is 0 Å². The van der Waals surface area contributed by atoms with Crippen LogP contribution in [0.5, 0.6) is 0 Å². The van der Waals surface area contributed by atoms with Crippen LogP contribution >= 0.6 is 15.9 Å². The van der Waals surface area contributed by atoms with Crippen molar-refractivity contribution >= 4 is 27.7 Å². The lowest BCUT2D eigenvalue weighted by Crippen LogP contribution is -2.13. The van der Waals surface area contributed by atoms with Crippen LogP contribution < -0.4 is 5.32 Å². The fraction of sp³-hybridized carbons (Fsp3) is 0.333. The Kier molecular flexibility index (Phi) is 3.38. The van der Waals surface area contributed by atoms with Gasteiger partial charge in [-0.05, 0) is 30.5 Å². The molecule has 1 aromatic carbocycles. The minimum absolute atomic E-state index is 0.101. The lowest BCUT2D eigenvalue weighted by molar-refractivity contribution is -0.115. The minimum Gasteiger partial charge on any atom is -0.338 e. The Morgan fingerprint density at radius 3 is 2.75 bits per heavy atom. The third-order valence-electron chi connectivity index (χ3n) is 3.67. The number of hydrogen-bond acceptors (Lipinski definition) is 3. The van der Waals surface area contributed by atoms with E-state index < -0.39 is 0 Å². The number of aromatic nitrogens is 1. The molecule has 4 nitrogen and oxygen atoms in total. The molecule has 1 aliphatic carbocycles. The van der Waals surface area contributed by atoms with E-state index in [0.717, 1.165) is 28.6 Å². The average molecular weight is 335 g/mol. The number of hydrogen-bond donors (Lipinski definition) is 1. The molecule has 0 spiro atoms. The molecular weight excluding hydrogens is 320 g/mol. The van der Waals surface area contributed by atoms with Crippen LogP contribution in [-0.2, 0) is 16.6 Å². The largest absolute Gasteiger partial charge is 0.338 e. The lowest BCUT2D eigenvalue weighted by Gasteiger charge is -2.02. The molecule has 1 amide bonds. The van der Waals surface area contributed by atoms with E-state index in [9.17, 15) is 4.79 Å². The van der Waals surface area contributed by atoms with Crippen molar-refractivity contribution in [2.75, 3.05) is 5.32 Å². The number of carbonyl (C=O) groups is 1. The van der Waals surface area contributed by atoms with Gasteiger partial charge in [0.05, 0.1) is 12.1 Å². The van der Waals surface area contributed by atoms with Gasteiger partial charge in [-0.25, -0.2) is 0 Å². The Balaban J connectivity index is 1.61. The van der Waals surface area contributed by atoms with Crippen molar-refractivity contribution in [3.05, 3.63) is 46.1 Å². The predicted octanol–water partition coefficient (Wildman–Crippen LogP) is 3.67. The van der Waals surface area contributed by atoms with Gasteiger partial charge in [0.15, 0.2) is 0 Å².